The number of rotatable bonds is 3. The van der Waals surface area contributed by atoms with Crippen molar-refractivity contribution >= 4 is 11.7 Å². The maximum absolute atomic E-state index is 11.9. The topological polar surface area (TPSA) is 32.8 Å². The van der Waals surface area contributed by atoms with Crippen LogP contribution in [0.5, 0.6) is 5.75 Å². The van der Waals surface area contributed by atoms with Crippen molar-refractivity contribution in [1.29, 1.82) is 0 Å². The van der Waals surface area contributed by atoms with Gasteiger partial charge in [0.1, 0.15) is 5.75 Å². The second-order valence-electron chi connectivity index (χ2n) is 4.49. The molecular formula is C13H18N2O2. The average Bonchev–Trinajstić information content (AvgIpc) is 2.60. The van der Waals surface area contributed by atoms with E-state index in [1.54, 1.807) is 9.80 Å². The number of hydrogen-bond acceptors (Lipinski definition) is 2. The fourth-order valence-corrected chi connectivity index (χ4v) is 1.90. The van der Waals surface area contributed by atoms with E-state index in [2.05, 4.69) is 0 Å². The van der Waals surface area contributed by atoms with Gasteiger partial charge in [-0.15, -0.1) is 0 Å². The molecule has 0 N–H and O–H groups in total. The Kier molecular flexibility index (Phi) is 3.22. The Hall–Kier alpha value is -1.71. The standard InChI is InChI=1S/C13H18N2O2/c1-10(2)17-12-7-5-4-6-11(12)15-9-8-14(3)13(15)16/h4-7,10H,8-9H2,1-3H3. The first-order valence-electron chi connectivity index (χ1n) is 5.88. The smallest absolute Gasteiger partial charge is 0.324 e. The fourth-order valence-electron chi connectivity index (χ4n) is 1.90. The van der Waals surface area contributed by atoms with Gasteiger partial charge in [-0.2, -0.15) is 0 Å². The molecule has 1 aromatic carbocycles. The predicted molar refractivity (Wildman–Crippen MR) is 67.6 cm³/mol. The third kappa shape index (κ3) is 2.35. The minimum Gasteiger partial charge on any atom is -0.489 e. The molecule has 0 bridgehead atoms. The van der Waals surface area contributed by atoms with Crippen LogP contribution in [-0.4, -0.2) is 37.2 Å². The second-order valence-corrected chi connectivity index (χ2v) is 4.49. The highest BCUT2D eigenvalue weighted by Gasteiger charge is 2.28. The molecule has 1 heterocycles. The van der Waals surface area contributed by atoms with Crippen molar-refractivity contribution < 1.29 is 9.53 Å². The molecule has 92 valence electrons. The van der Waals surface area contributed by atoms with Crippen LogP contribution in [0, 0.1) is 0 Å². The Morgan fingerprint density at radius 2 is 1.94 bits per heavy atom. The highest BCUT2D eigenvalue weighted by Crippen LogP contribution is 2.30. The third-order valence-corrected chi connectivity index (χ3v) is 2.74. The maximum atomic E-state index is 11.9. The molecule has 0 radical (unpaired) electrons. The zero-order valence-electron chi connectivity index (χ0n) is 10.5. The first-order valence-corrected chi connectivity index (χ1v) is 5.88. The van der Waals surface area contributed by atoms with Crippen LogP contribution in [0.15, 0.2) is 24.3 Å². The van der Waals surface area contributed by atoms with Gasteiger partial charge < -0.3 is 9.64 Å². The van der Waals surface area contributed by atoms with Crippen molar-refractivity contribution in [3.05, 3.63) is 24.3 Å². The molecule has 4 nitrogen and oxygen atoms in total. The number of likely N-dealkylation sites (N-methyl/N-ethyl adjacent to an activating group) is 1. The van der Waals surface area contributed by atoms with Crippen molar-refractivity contribution in [3.8, 4) is 5.75 Å². The molecular weight excluding hydrogens is 216 g/mol. The predicted octanol–water partition coefficient (Wildman–Crippen LogP) is 2.35. The summed E-state index contributed by atoms with van der Waals surface area (Å²) in [6.45, 7) is 5.44. The van der Waals surface area contributed by atoms with Crippen LogP contribution < -0.4 is 9.64 Å². The summed E-state index contributed by atoms with van der Waals surface area (Å²) in [5.41, 5.74) is 0.857. The summed E-state index contributed by atoms with van der Waals surface area (Å²) in [5, 5.41) is 0. The summed E-state index contributed by atoms with van der Waals surface area (Å²) in [7, 11) is 1.81. The lowest BCUT2D eigenvalue weighted by Crippen LogP contribution is -2.29. The van der Waals surface area contributed by atoms with Gasteiger partial charge in [-0.3, -0.25) is 4.90 Å². The molecule has 2 amide bonds. The highest BCUT2D eigenvalue weighted by atomic mass is 16.5. The van der Waals surface area contributed by atoms with Crippen LogP contribution in [0.25, 0.3) is 0 Å². The second kappa shape index (κ2) is 4.65. The SMILES string of the molecule is CC(C)Oc1ccccc1N1CCN(C)C1=O. The van der Waals surface area contributed by atoms with Crippen LogP contribution in [0.1, 0.15) is 13.8 Å². The summed E-state index contributed by atoms with van der Waals surface area (Å²) >= 11 is 0. The fraction of sp³-hybridized carbons (Fsp3) is 0.462. The molecule has 0 atom stereocenters. The van der Waals surface area contributed by atoms with Crippen LogP contribution >= 0.6 is 0 Å². The Morgan fingerprint density at radius 3 is 2.53 bits per heavy atom. The van der Waals surface area contributed by atoms with E-state index in [0.717, 1.165) is 18.0 Å². The molecule has 0 aliphatic carbocycles. The Morgan fingerprint density at radius 1 is 1.24 bits per heavy atom. The van der Waals surface area contributed by atoms with Gasteiger partial charge in [-0.25, -0.2) is 4.79 Å². The number of nitrogens with zero attached hydrogens (tertiary/aromatic N) is 2. The molecule has 0 saturated carbocycles. The van der Waals surface area contributed by atoms with Gasteiger partial charge >= 0.3 is 6.03 Å². The number of amides is 2. The Bertz CT molecular complexity index is 418. The van der Waals surface area contributed by atoms with E-state index in [4.69, 9.17) is 4.74 Å². The molecule has 1 saturated heterocycles. The number of para-hydroxylation sites is 2. The molecule has 2 rings (SSSR count). The lowest BCUT2D eigenvalue weighted by atomic mass is 10.2. The Balaban J connectivity index is 2.29. The first-order chi connectivity index (χ1) is 8.09. The molecule has 4 heteroatoms. The molecule has 0 unspecified atom stereocenters. The van der Waals surface area contributed by atoms with E-state index in [1.807, 2.05) is 45.2 Å². The van der Waals surface area contributed by atoms with Gasteiger partial charge in [0.05, 0.1) is 11.8 Å². The lowest BCUT2D eigenvalue weighted by molar-refractivity contribution is 0.227. The van der Waals surface area contributed by atoms with Crippen molar-refractivity contribution in [3.63, 3.8) is 0 Å². The van der Waals surface area contributed by atoms with Gasteiger partial charge in [0.25, 0.3) is 0 Å². The first kappa shape index (κ1) is 11.8. The number of anilines is 1. The minimum atomic E-state index is 0.0322. The zero-order chi connectivity index (χ0) is 12.4. The summed E-state index contributed by atoms with van der Waals surface area (Å²) < 4.78 is 5.73. The zero-order valence-corrected chi connectivity index (χ0v) is 10.5. The number of carbonyl (C=O) groups is 1. The van der Waals surface area contributed by atoms with E-state index in [1.165, 1.54) is 0 Å². The lowest BCUT2D eigenvalue weighted by Gasteiger charge is -2.21. The van der Waals surface area contributed by atoms with Crippen molar-refractivity contribution in [2.24, 2.45) is 0 Å². The molecule has 1 aliphatic rings. The van der Waals surface area contributed by atoms with E-state index in [9.17, 15) is 4.79 Å². The molecule has 1 fully saturated rings. The van der Waals surface area contributed by atoms with Gasteiger partial charge in [-0.05, 0) is 26.0 Å². The van der Waals surface area contributed by atoms with E-state index < -0.39 is 0 Å². The minimum absolute atomic E-state index is 0.0322. The molecule has 0 spiro atoms. The van der Waals surface area contributed by atoms with E-state index in [-0.39, 0.29) is 12.1 Å². The van der Waals surface area contributed by atoms with E-state index in [0.29, 0.717) is 6.54 Å². The monoisotopic (exact) mass is 234 g/mol. The number of carbonyl (C=O) groups excluding carboxylic acids is 1. The van der Waals surface area contributed by atoms with Gasteiger partial charge in [0.15, 0.2) is 0 Å². The van der Waals surface area contributed by atoms with Crippen molar-refractivity contribution in [2.45, 2.75) is 20.0 Å². The van der Waals surface area contributed by atoms with Gasteiger partial charge in [0, 0.05) is 20.1 Å². The third-order valence-electron chi connectivity index (χ3n) is 2.74. The maximum Gasteiger partial charge on any atom is 0.324 e. The number of hydrogen-bond donors (Lipinski definition) is 0. The summed E-state index contributed by atoms with van der Waals surface area (Å²) in [6, 6.07) is 7.71. The normalized spacial score (nSPS) is 15.9. The summed E-state index contributed by atoms with van der Waals surface area (Å²) in [6.07, 6.45) is 0.103. The number of ether oxygens (including phenoxy) is 1. The number of benzene rings is 1. The summed E-state index contributed by atoms with van der Waals surface area (Å²) in [4.78, 5) is 15.4. The molecule has 1 aromatic rings. The van der Waals surface area contributed by atoms with Crippen LogP contribution in [0.3, 0.4) is 0 Å². The molecule has 0 aromatic heterocycles. The quantitative estimate of drug-likeness (QED) is 0.804. The molecule has 1 aliphatic heterocycles. The van der Waals surface area contributed by atoms with Gasteiger partial charge in [-0.1, -0.05) is 12.1 Å². The van der Waals surface area contributed by atoms with Crippen LogP contribution in [-0.2, 0) is 0 Å². The Labute approximate surface area is 102 Å². The van der Waals surface area contributed by atoms with Crippen molar-refractivity contribution in [1.82, 2.24) is 4.90 Å². The van der Waals surface area contributed by atoms with Crippen molar-refractivity contribution in [2.75, 3.05) is 25.0 Å². The van der Waals surface area contributed by atoms with Gasteiger partial charge in [0.2, 0.25) is 0 Å². The highest BCUT2D eigenvalue weighted by molar-refractivity contribution is 5.95. The largest absolute Gasteiger partial charge is 0.489 e. The number of urea groups is 1. The van der Waals surface area contributed by atoms with Crippen LogP contribution in [0.4, 0.5) is 10.5 Å². The van der Waals surface area contributed by atoms with E-state index >= 15 is 0 Å². The van der Waals surface area contributed by atoms with Crippen LogP contribution in [0.2, 0.25) is 0 Å². The molecule has 17 heavy (non-hydrogen) atoms. The average molecular weight is 234 g/mol. The summed E-state index contributed by atoms with van der Waals surface area (Å²) in [5.74, 6) is 0.770.